The Morgan fingerprint density at radius 1 is 1.35 bits per heavy atom. The second-order valence-corrected chi connectivity index (χ2v) is 9.93. The van der Waals surface area contributed by atoms with Crippen LogP contribution in [0, 0.1) is 5.92 Å². The summed E-state index contributed by atoms with van der Waals surface area (Å²) < 4.78 is 22.6. The first-order valence-electron chi connectivity index (χ1n) is 6.24. The quantitative estimate of drug-likeness (QED) is 0.420. The van der Waals surface area contributed by atoms with Crippen LogP contribution in [-0.2, 0) is 14.1 Å². The van der Waals surface area contributed by atoms with Crippen molar-refractivity contribution < 1.29 is 18.6 Å². The molecule has 0 aliphatic rings. The number of carbonyl (C=O) groups is 1. The Hall–Kier alpha value is -0.590. The number of hydrogen-bond acceptors (Lipinski definition) is 4. The van der Waals surface area contributed by atoms with E-state index in [1.54, 1.807) is 46.3 Å². The van der Waals surface area contributed by atoms with Crippen molar-refractivity contribution in [1.82, 2.24) is 5.09 Å². The van der Waals surface area contributed by atoms with Gasteiger partial charge in [0, 0.05) is 0 Å². The summed E-state index contributed by atoms with van der Waals surface area (Å²) in [5, 5.41) is -0.405. The molecule has 0 aliphatic heterocycles. The highest BCUT2D eigenvalue weighted by Gasteiger charge is 2.30. The standard InChI is InChI=1S/C13H19INO4P/c1-10(2)9-12(13(16)18-3)15-20(14,17)19-11-7-5-4-6-8-11/h4-8,10,12H,9H2,1-3H3,(H,15,17)/t12-,20?/m0/s1. The van der Waals surface area contributed by atoms with Gasteiger partial charge in [-0.05, 0) is 24.5 Å². The third-order valence-corrected chi connectivity index (χ3v) is 4.96. The molecule has 0 heterocycles. The molecule has 112 valence electrons. The van der Waals surface area contributed by atoms with Gasteiger partial charge in [0.2, 0.25) is 0 Å². The van der Waals surface area contributed by atoms with E-state index in [2.05, 4.69) is 5.09 Å². The molecule has 7 heteroatoms. The molecule has 20 heavy (non-hydrogen) atoms. The van der Waals surface area contributed by atoms with Crippen molar-refractivity contribution in [2.45, 2.75) is 26.3 Å². The van der Waals surface area contributed by atoms with E-state index in [-0.39, 0.29) is 5.92 Å². The van der Waals surface area contributed by atoms with E-state index in [9.17, 15) is 9.36 Å². The second-order valence-electron chi connectivity index (χ2n) is 4.72. The van der Waals surface area contributed by atoms with Crippen LogP contribution in [0.15, 0.2) is 30.3 Å². The Labute approximate surface area is 132 Å². The van der Waals surface area contributed by atoms with Gasteiger partial charge in [-0.15, -0.1) is 0 Å². The highest BCUT2D eigenvalue weighted by atomic mass is 127. The summed E-state index contributed by atoms with van der Waals surface area (Å²) in [4.78, 5) is 11.7. The van der Waals surface area contributed by atoms with Crippen LogP contribution in [0.3, 0.4) is 0 Å². The van der Waals surface area contributed by atoms with Gasteiger partial charge in [-0.2, -0.15) is 0 Å². The van der Waals surface area contributed by atoms with Crippen molar-refractivity contribution in [3.05, 3.63) is 30.3 Å². The lowest BCUT2D eigenvalue weighted by atomic mass is 10.1. The summed E-state index contributed by atoms with van der Waals surface area (Å²) >= 11 is 1.71. The van der Waals surface area contributed by atoms with Crippen LogP contribution < -0.4 is 9.61 Å². The lowest BCUT2D eigenvalue weighted by Gasteiger charge is -2.22. The Balaban J connectivity index is 2.75. The fourth-order valence-corrected chi connectivity index (χ4v) is 4.36. The number of methoxy groups -OCH3 is 1. The second kappa shape index (κ2) is 8.00. The van der Waals surface area contributed by atoms with Gasteiger partial charge in [0.15, 0.2) is 0 Å². The number of benzene rings is 1. The molecule has 2 atom stereocenters. The van der Waals surface area contributed by atoms with Gasteiger partial charge in [0.05, 0.1) is 29.2 Å². The summed E-state index contributed by atoms with van der Waals surface area (Å²) in [5.74, 6) is 0.317. The molecule has 1 unspecified atom stereocenters. The molecule has 0 radical (unpaired) electrons. The highest BCUT2D eigenvalue weighted by molar-refractivity contribution is 14.2. The minimum Gasteiger partial charge on any atom is -0.468 e. The van der Waals surface area contributed by atoms with Gasteiger partial charge in [-0.3, -0.25) is 4.79 Å². The number of hydrogen-bond donors (Lipinski definition) is 1. The van der Waals surface area contributed by atoms with Gasteiger partial charge >= 0.3 is 11.1 Å². The number of rotatable bonds is 7. The fourth-order valence-electron chi connectivity index (χ4n) is 1.64. The highest BCUT2D eigenvalue weighted by Crippen LogP contribution is 2.52. The first-order chi connectivity index (χ1) is 9.34. The van der Waals surface area contributed by atoms with Crippen LogP contribution in [0.2, 0.25) is 0 Å². The Bertz CT molecular complexity index is 481. The normalized spacial score (nSPS) is 15.4. The van der Waals surface area contributed by atoms with Gasteiger partial charge in [-0.1, -0.05) is 32.0 Å². The SMILES string of the molecule is COC(=O)[C@H](CC(C)C)NP(=O)(I)Oc1ccccc1. The minimum absolute atomic E-state index is 0.264. The molecule has 5 nitrogen and oxygen atoms in total. The van der Waals surface area contributed by atoms with E-state index in [1.807, 2.05) is 19.9 Å². The largest absolute Gasteiger partial charge is 0.468 e. The monoisotopic (exact) mass is 411 g/mol. The van der Waals surface area contributed by atoms with E-state index in [4.69, 9.17) is 9.26 Å². The van der Waals surface area contributed by atoms with E-state index < -0.39 is 17.2 Å². The average Bonchev–Trinajstić information content (AvgIpc) is 2.36. The van der Waals surface area contributed by atoms with Gasteiger partial charge in [-0.25, -0.2) is 9.65 Å². The van der Waals surface area contributed by atoms with Gasteiger partial charge < -0.3 is 9.26 Å². The average molecular weight is 411 g/mol. The lowest BCUT2D eigenvalue weighted by molar-refractivity contribution is -0.143. The smallest absolute Gasteiger partial charge is 0.374 e. The zero-order chi connectivity index (χ0) is 15.2. The van der Waals surface area contributed by atoms with Crippen molar-refractivity contribution in [1.29, 1.82) is 0 Å². The van der Waals surface area contributed by atoms with Crippen LogP contribution in [-0.4, -0.2) is 19.1 Å². The molecular formula is C13H19INO4P. The number of halogens is 1. The summed E-state index contributed by atoms with van der Waals surface area (Å²) in [7, 11) is 1.31. The molecule has 0 saturated carbocycles. The number of carbonyl (C=O) groups excluding carboxylic acids is 1. The summed E-state index contributed by atoms with van der Waals surface area (Å²) in [6, 6.07) is 8.20. The third kappa shape index (κ3) is 6.24. The summed E-state index contributed by atoms with van der Waals surface area (Å²) in [5.41, 5.74) is 0. The van der Waals surface area contributed by atoms with Crippen molar-refractivity contribution in [3.63, 3.8) is 0 Å². The molecule has 0 spiro atoms. The summed E-state index contributed by atoms with van der Waals surface area (Å²) in [6.45, 7) is 3.96. The van der Waals surface area contributed by atoms with E-state index in [1.165, 1.54) is 7.11 Å². The molecule has 0 bridgehead atoms. The Morgan fingerprint density at radius 3 is 2.45 bits per heavy atom. The zero-order valence-corrected chi connectivity index (χ0v) is 14.8. The van der Waals surface area contributed by atoms with Gasteiger partial charge in [0.25, 0.3) is 0 Å². The molecule has 1 aromatic rings. The fraction of sp³-hybridized carbons (Fsp3) is 0.462. The molecule has 0 amide bonds. The topological polar surface area (TPSA) is 64.6 Å². The molecule has 0 aromatic heterocycles. The first kappa shape index (κ1) is 17.5. The number of esters is 1. The van der Waals surface area contributed by atoms with E-state index >= 15 is 0 Å². The first-order valence-corrected chi connectivity index (χ1v) is 10.6. The number of para-hydroxylation sites is 1. The van der Waals surface area contributed by atoms with Crippen LogP contribution >= 0.6 is 27.2 Å². The summed E-state index contributed by atoms with van der Waals surface area (Å²) in [6.07, 6.45) is 0.526. The molecule has 1 N–H and O–H groups in total. The molecule has 0 fully saturated rings. The maximum absolute atomic E-state index is 12.4. The van der Waals surface area contributed by atoms with E-state index in [0.717, 1.165) is 0 Å². The number of nitrogens with one attached hydrogen (secondary N) is 1. The Morgan fingerprint density at radius 2 is 1.95 bits per heavy atom. The van der Waals surface area contributed by atoms with Crippen molar-refractivity contribution in [2.24, 2.45) is 5.92 Å². The molecule has 0 aliphatic carbocycles. The maximum Gasteiger partial charge on any atom is 0.374 e. The maximum atomic E-state index is 12.4. The zero-order valence-electron chi connectivity index (χ0n) is 11.7. The lowest BCUT2D eigenvalue weighted by Crippen LogP contribution is -2.36. The predicted octanol–water partition coefficient (Wildman–Crippen LogP) is 3.79. The van der Waals surface area contributed by atoms with Gasteiger partial charge in [0.1, 0.15) is 11.8 Å². The van der Waals surface area contributed by atoms with Crippen molar-refractivity contribution >= 4 is 33.2 Å². The minimum atomic E-state index is -3.17. The molecular weight excluding hydrogens is 392 g/mol. The molecule has 1 rings (SSSR count). The van der Waals surface area contributed by atoms with Crippen LogP contribution in [0.1, 0.15) is 20.3 Å². The predicted molar refractivity (Wildman–Crippen MR) is 87.1 cm³/mol. The van der Waals surface area contributed by atoms with E-state index in [0.29, 0.717) is 12.2 Å². The van der Waals surface area contributed by atoms with Crippen LogP contribution in [0.5, 0.6) is 5.75 Å². The van der Waals surface area contributed by atoms with Crippen molar-refractivity contribution in [3.8, 4) is 5.75 Å². The van der Waals surface area contributed by atoms with Crippen molar-refractivity contribution in [2.75, 3.05) is 7.11 Å². The molecule has 0 saturated heterocycles. The van der Waals surface area contributed by atoms with Crippen LogP contribution in [0.4, 0.5) is 0 Å². The van der Waals surface area contributed by atoms with Crippen LogP contribution in [0.25, 0.3) is 0 Å². The Kier molecular flexibility index (Phi) is 6.99. The molecule has 1 aromatic carbocycles. The number of ether oxygens (including phenoxy) is 1. The third-order valence-electron chi connectivity index (χ3n) is 2.47.